The van der Waals surface area contributed by atoms with E-state index in [4.69, 9.17) is 0 Å². The van der Waals surface area contributed by atoms with E-state index in [-0.39, 0.29) is 0 Å². The van der Waals surface area contributed by atoms with Crippen molar-refractivity contribution in [3.05, 3.63) is 47.7 Å². The highest BCUT2D eigenvalue weighted by Crippen LogP contribution is 2.07. The van der Waals surface area contributed by atoms with E-state index in [9.17, 15) is 0 Å². The number of benzene rings is 1. The van der Waals surface area contributed by atoms with Crippen LogP contribution in [0, 0.1) is 0 Å². The lowest BCUT2D eigenvalue weighted by molar-refractivity contribution is 0.611. The molecule has 92 valence electrons. The molecule has 1 aromatic carbocycles. The van der Waals surface area contributed by atoms with Crippen LogP contribution in [-0.2, 0) is 0 Å². The lowest BCUT2D eigenvalue weighted by Crippen LogP contribution is -1.77. The van der Waals surface area contributed by atoms with Crippen molar-refractivity contribution in [2.75, 3.05) is 0 Å². The molecule has 0 nitrogen and oxygen atoms in total. The summed E-state index contributed by atoms with van der Waals surface area (Å²) in [5, 5.41) is 0. The van der Waals surface area contributed by atoms with Gasteiger partial charge in [-0.15, -0.1) is 5.73 Å². The lowest BCUT2D eigenvalue weighted by atomic mass is 10.1. The van der Waals surface area contributed by atoms with E-state index in [0.717, 1.165) is 6.42 Å². The van der Waals surface area contributed by atoms with Crippen molar-refractivity contribution in [2.24, 2.45) is 0 Å². The van der Waals surface area contributed by atoms with Crippen LogP contribution >= 0.6 is 0 Å². The van der Waals surface area contributed by atoms with Crippen molar-refractivity contribution in [2.45, 2.75) is 51.9 Å². The van der Waals surface area contributed by atoms with Gasteiger partial charge < -0.3 is 0 Å². The first-order valence-electron chi connectivity index (χ1n) is 6.89. The summed E-state index contributed by atoms with van der Waals surface area (Å²) in [5.41, 5.74) is 4.48. The van der Waals surface area contributed by atoms with Gasteiger partial charge in [0.2, 0.25) is 0 Å². The minimum Gasteiger partial charge on any atom is -0.125 e. The number of allylic oxidation sites excluding steroid dienone is 1. The first-order chi connectivity index (χ1) is 8.43. The lowest BCUT2D eigenvalue weighted by Gasteiger charge is -1.96. The normalized spacial score (nSPS) is 9.71. The van der Waals surface area contributed by atoms with Crippen LogP contribution in [-0.4, -0.2) is 0 Å². The van der Waals surface area contributed by atoms with E-state index in [1.807, 2.05) is 6.07 Å². The molecule has 0 heteroatoms. The first kappa shape index (κ1) is 13.8. The molecule has 1 rings (SSSR count). The van der Waals surface area contributed by atoms with Crippen molar-refractivity contribution in [3.8, 4) is 0 Å². The van der Waals surface area contributed by atoms with Gasteiger partial charge >= 0.3 is 0 Å². The van der Waals surface area contributed by atoms with Gasteiger partial charge in [0, 0.05) is 0 Å². The molecule has 0 aliphatic carbocycles. The summed E-state index contributed by atoms with van der Waals surface area (Å²) in [6.07, 6.45) is 13.6. The van der Waals surface area contributed by atoms with E-state index in [0.29, 0.717) is 0 Å². The highest BCUT2D eigenvalue weighted by atomic mass is 13.9. The van der Waals surface area contributed by atoms with Gasteiger partial charge in [-0.25, -0.2) is 0 Å². The Bertz CT molecular complexity index is 328. The van der Waals surface area contributed by atoms with Crippen LogP contribution in [0.4, 0.5) is 0 Å². The molecule has 0 unspecified atom stereocenters. The van der Waals surface area contributed by atoms with Crippen LogP contribution in [0.15, 0.2) is 42.1 Å². The van der Waals surface area contributed by atoms with Gasteiger partial charge in [-0.05, 0) is 30.6 Å². The predicted molar refractivity (Wildman–Crippen MR) is 77.0 cm³/mol. The SMILES string of the molecule is CCCCCCCCC=C=Cc1ccccc1. The van der Waals surface area contributed by atoms with Crippen molar-refractivity contribution >= 4 is 6.08 Å². The van der Waals surface area contributed by atoms with Crippen LogP contribution in [0.25, 0.3) is 6.08 Å². The number of hydrogen-bond acceptors (Lipinski definition) is 0. The van der Waals surface area contributed by atoms with E-state index in [2.05, 4.69) is 49.1 Å². The fraction of sp³-hybridized carbons (Fsp3) is 0.471. The Morgan fingerprint density at radius 2 is 1.65 bits per heavy atom. The average Bonchev–Trinajstić information content (AvgIpc) is 2.38. The molecule has 0 spiro atoms. The Labute approximate surface area is 106 Å². The Hall–Kier alpha value is -1.26. The van der Waals surface area contributed by atoms with E-state index >= 15 is 0 Å². The molecular weight excluding hydrogens is 204 g/mol. The van der Waals surface area contributed by atoms with Crippen LogP contribution in [0.2, 0.25) is 0 Å². The fourth-order valence-corrected chi connectivity index (χ4v) is 1.81. The molecule has 0 fully saturated rings. The summed E-state index contributed by atoms with van der Waals surface area (Å²) in [5.74, 6) is 0. The van der Waals surface area contributed by atoms with Gasteiger partial charge in [-0.2, -0.15) is 0 Å². The highest BCUT2D eigenvalue weighted by Gasteiger charge is 1.87. The first-order valence-corrected chi connectivity index (χ1v) is 6.89. The minimum atomic E-state index is 1.16. The molecule has 17 heavy (non-hydrogen) atoms. The van der Waals surface area contributed by atoms with E-state index < -0.39 is 0 Å². The molecule has 0 aliphatic heterocycles. The van der Waals surface area contributed by atoms with Crippen molar-refractivity contribution in [3.63, 3.8) is 0 Å². The number of rotatable bonds is 8. The van der Waals surface area contributed by atoms with Crippen molar-refractivity contribution in [1.29, 1.82) is 0 Å². The quantitative estimate of drug-likeness (QED) is 0.401. The molecule has 0 aromatic heterocycles. The zero-order valence-corrected chi connectivity index (χ0v) is 11.0. The standard InChI is InChI=1S/C17H24/c1-2-3-4-5-6-7-8-9-11-14-17-15-12-10-13-16-17/h9-10,12-16H,2-8H2,1H3. The van der Waals surface area contributed by atoms with E-state index in [1.165, 1.54) is 44.1 Å². The summed E-state index contributed by atoms with van der Waals surface area (Å²) in [4.78, 5) is 0. The average molecular weight is 228 g/mol. The molecular formula is C17H24. The second-order valence-electron chi connectivity index (χ2n) is 4.48. The zero-order chi connectivity index (χ0) is 12.2. The molecule has 0 amide bonds. The predicted octanol–water partition coefficient (Wildman–Crippen LogP) is 5.61. The molecule has 0 aliphatic rings. The zero-order valence-electron chi connectivity index (χ0n) is 11.0. The van der Waals surface area contributed by atoms with Crippen LogP contribution in [0.3, 0.4) is 0 Å². The van der Waals surface area contributed by atoms with Crippen LogP contribution in [0.5, 0.6) is 0 Å². The maximum atomic E-state index is 3.25. The van der Waals surface area contributed by atoms with Crippen molar-refractivity contribution < 1.29 is 0 Å². The van der Waals surface area contributed by atoms with Crippen LogP contribution < -0.4 is 0 Å². The molecule has 0 N–H and O–H groups in total. The topological polar surface area (TPSA) is 0 Å². The second kappa shape index (κ2) is 9.93. The third kappa shape index (κ3) is 7.60. The smallest absolute Gasteiger partial charge is 0.0131 e. The maximum Gasteiger partial charge on any atom is -0.0131 e. The largest absolute Gasteiger partial charge is 0.125 e. The van der Waals surface area contributed by atoms with Crippen molar-refractivity contribution in [1.82, 2.24) is 0 Å². The van der Waals surface area contributed by atoms with Gasteiger partial charge in [0.1, 0.15) is 0 Å². The summed E-state index contributed by atoms with van der Waals surface area (Å²) in [7, 11) is 0. The summed E-state index contributed by atoms with van der Waals surface area (Å²) in [6, 6.07) is 10.4. The molecule has 0 heterocycles. The Kier molecular flexibility index (Phi) is 8.06. The third-order valence-corrected chi connectivity index (χ3v) is 2.87. The maximum absolute atomic E-state index is 3.25. The Morgan fingerprint density at radius 3 is 2.41 bits per heavy atom. The molecule has 0 radical (unpaired) electrons. The number of unbranched alkanes of at least 4 members (excludes halogenated alkanes) is 6. The summed E-state index contributed by atoms with van der Waals surface area (Å²) in [6.45, 7) is 2.26. The Morgan fingerprint density at radius 1 is 0.941 bits per heavy atom. The van der Waals surface area contributed by atoms with Gasteiger partial charge in [-0.1, -0.05) is 69.4 Å². The highest BCUT2D eigenvalue weighted by molar-refractivity contribution is 5.47. The molecule has 0 atom stereocenters. The molecule has 0 saturated carbocycles. The fourth-order valence-electron chi connectivity index (χ4n) is 1.81. The Balaban J connectivity index is 2.08. The van der Waals surface area contributed by atoms with E-state index in [1.54, 1.807) is 0 Å². The third-order valence-electron chi connectivity index (χ3n) is 2.87. The second-order valence-corrected chi connectivity index (χ2v) is 4.48. The molecule has 0 bridgehead atoms. The van der Waals surface area contributed by atoms with Gasteiger partial charge in [0.25, 0.3) is 0 Å². The minimum absolute atomic E-state index is 1.16. The summed E-state index contributed by atoms with van der Waals surface area (Å²) < 4.78 is 0. The monoisotopic (exact) mass is 228 g/mol. The molecule has 0 saturated heterocycles. The summed E-state index contributed by atoms with van der Waals surface area (Å²) >= 11 is 0. The molecule has 1 aromatic rings. The number of hydrogen-bond donors (Lipinski definition) is 0. The van der Waals surface area contributed by atoms with Gasteiger partial charge in [0.15, 0.2) is 0 Å². The van der Waals surface area contributed by atoms with Crippen LogP contribution in [0.1, 0.15) is 57.4 Å². The van der Waals surface area contributed by atoms with Gasteiger partial charge in [-0.3, -0.25) is 0 Å². The van der Waals surface area contributed by atoms with Gasteiger partial charge in [0.05, 0.1) is 0 Å².